The number of H-pyrrole nitrogens is 1. The van der Waals surface area contributed by atoms with Crippen molar-refractivity contribution in [2.45, 2.75) is 37.2 Å². The van der Waals surface area contributed by atoms with Gasteiger partial charge in [0.25, 0.3) is 0 Å². The van der Waals surface area contributed by atoms with Crippen molar-refractivity contribution in [2.24, 2.45) is 5.73 Å². The standard InChI is InChI=1S/C10H17N3O/c11-7-10(9-12-5-6-13-9)3-1-8(14)2-4-10/h5-6,8,14H,1-4,7,11H2,(H,12,13). The smallest absolute Gasteiger partial charge is 0.113 e. The minimum atomic E-state index is -0.148. The summed E-state index contributed by atoms with van der Waals surface area (Å²) in [6.45, 7) is 0.604. The van der Waals surface area contributed by atoms with Gasteiger partial charge in [-0.15, -0.1) is 0 Å². The van der Waals surface area contributed by atoms with E-state index in [1.165, 1.54) is 0 Å². The molecule has 1 heterocycles. The van der Waals surface area contributed by atoms with Gasteiger partial charge in [0.1, 0.15) is 5.82 Å². The Kier molecular flexibility index (Phi) is 2.56. The second-order valence-corrected chi connectivity index (χ2v) is 4.15. The average Bonchev–Trinajstić information content (AvgIpc) is 2.73. The molecule has 1 aromatic heterocycles. The van der Waals surface area contributed by atoms with Crippen LogP contribution in [0.5, 0.6) is 0 Å². The summed E-state index contributed by atoms with van der Waals surface area (Å²) in [5.74, 6) is 0.979. The maximum Gasteiger partial charge on any atom is 0.113 e. The van der Waals surface area contributed by atoms with Gasteiger partial charge in [-0.1, -0.05) is 0 Å². The zero-order valence-corrected chi connectivity index (χ0v) is 8.24. The van der Waals surface area contributed by atoms with Crippen molar-refractivity contribution < 1.29 is 5.11 Å². The molecule has 0 aromatic carbocycles. The Morgan fingerprint density at radius 3 is 2.79 bits per heavy atom. The third-order valence-electron chi connectivity index (χ3n) is 3.30. The third kappa shape index (κ3) is 1.55. The monoisotopic (exact) mass is 195 g/mol. The van der Waals surface area contributed by atoms with E-state index < -0.39 is 0 Å². The predicted octanol–water partition coefficient (Wildman–Crippen LogP) is 0.541. The molecule has 1 saturated carbocycles. The molecular formula is C10H17N3O. The SMILES string of the molecule is NCC1(c2ncc[nH]2)CCC(O)CC1. The molecule has 14 heavy (non-hydrogen) atoms. The van der Waals surface area contributed by atoms with Crippen molar-refractivity contribution in [3.63, 3.8) is 0 Å². The lowest BCUT2D eigenvalue weighted by molar-refractivity contribution is 0.0950. The van der Waals surface area contributed by atoms with E-state index in [1.807, 2.05) is 6.20 Å². The summed E-state index contributed by atoms with van der Waals surface area (Å²) >= 11 is 0. The van der Waals surface area contributed by atoms with Crippen LogP contribution in [0.1, 0.15) is 31.5 Å². The molecule has 4 nitrogen and oxygen atoms in total. The molecule has 2 rings (SSSR count). The van der Waals surface area contributed by atoms with Gasteiger partial charge in [-0.25, -0.2) is 4.98 Å². The largest absolute Gasteiger partial charge is 0.393 e. The first-order valence-corrected chi connectivity index (χ1v) is 5.15. The highest BCUT2D eigenvalue weighted by atomic mass is 16.3. The lowest BCUT2D eigenvalue weighted by Crippen LogP contribution is -2.41. The first-order valence-electron chi connectivity index (χ1n) is 5.15. The van der Waals surface area contributed by atoms with Crippen molar-refractivity contribution >= 4 is 0 Å². The van der Waals surface area contributed by atoms with Crippen LogP contribution in [0.3, 0.4) is 0 Å². The first kappa shape index (κ1) is 9.68. The minimum absolute atomic E-state index is 0.0251. The fraction of sp³-hybridized carbons (Fsp3) is 0.700. The van der Waals surface area contributed by atoms with Crippen LogP contribution >= 0.6 is 0 Å². The number of aliphatic hydroxyl groups is 1. The normalized spacial score (nSPS) is 33.1. The molecule has 1 aromatic rings. The Morgan fingerprint density at radius 1 is 1.57 bits per heavy atom. The fourth-order valence-electron chi connectivity index (χ4n) is 2.25. The van der Waals surface area contributed by atoms with Crippen LogP contribution < -0.4 is 5.73 Å². The first-order chi connectivity index (χ1) is 6.77. The molecule has 0 bridgehead atoms. The van der Waals surface area contributed by atoms with Crippen LogP contribution in [-0.2, 0) is 5.41 Å². The Balaban J connectivity index is 2.19. The van der Waals surface area contributed by atoms with Gasteiger partial charge in [0.15, 0.2) is 0 Å². The number of hydrogen-bond acceptors (Lipinski definition) is 3. The van der Waals surface area contributed by atoms with Crippen molar-refractivity contribution in [3.05, 3.63) is 18.2 Å². The maximum absolute atomic E-state index is 9.46. The molecule has 0 saturated heterocycles. The lowest BCUT2D eigenvalue weighted by Gasteiger charge is -2.36. The van der Waals surface area contributed by atoms with Gasteiger partial charge in [-0.3, -0.25) is 0 Å². The Labute approximate surface area is 83.5 Å². The number of aromatic amines is 1. The molecule has 0 aliphatic heterocycles. The highest BCUT2D eigenvalue weighted by Gasteiger charge is 2.37. The van der Waals surface area contributed by atoms with Crippen molar-refractivity contribution in [1.29, 1.82) is 0 Å². The summed E-state index contributed by atoms with van der Waals surface area (Å²) in [6, 6.07) is 0. The van der Waals surface area contributed by atoms with E-state index in [0.717, 1.165) is 31.5 Å². The molecule has 78 valence electrons. The number of imidazole rings is 1. The second-order valence-electron chi connectivity index (χ2n) is 4.15. The molecular weight excluding hydrogens is 178 g/mol. The van der Waals surface area contributed by atoms with Gasteiger partial charge in [-0.2, -0.15) is 0 Å². The zero-order chi connectivity index (χ0) is 10.0. The number of nitrogens with zero attached hydrogens (tertiary/aromatic N) is 1. The van der Waals surface area contributed by atoms with E-state index in [-0.39, 0.29) is 11.5 Å². The summed E-state index contributed by atoms with van der Waals surface area (Å²) in [6.07, 6.45) is 6.96. The van der Waals surface area contributed by atoms with Crippen molar-refractivity contribution in [2.75, 3.05) is 6.54 Å². The molecule has 0 radical (unpaired) electrons. The molecule has 1 fully saturated rings. The third-order valence-corrected chi connectivity index (χ3v) is 3.30. The van der Waals surface area contributed by atoms with E-state index in [4.69, 9.17) is 5.73 Å². The second kappa shape index (κ2) is 3.71. The number of nitrogens with one attached hydrogen (secondary N) is 1. The number of aromatic nitrogens is 2. The van der Waals surface area contributed by atoms with Crippen molar-refractivity contribution in [3.8, 4) is 0 Å². The number of nitrogens with two attached hydrogens (primary N) is 1. The Hall–Kier alpha value is -0.870. The fourth-order valence-corrected chi connectivity index (χ4v) is 2.25. The van der Waals surface area contributed by atoms with Gasteiger partial charge in [0.2, 0.25) is 0 Å². The van der Waals surface area contributed by atoms with Crippen LogP contribution in [0, 0.1) is 0 Å². The van der Waals surface area contributed by atoms with Crippen LogP contribution in [0.4, 0.5) is 0 Å². The molecule has 4 heteroatoms. The maximum atomic E-state index is 9.46. The molecule has 4 N–H and O–H groups in total. The van der Waals surface area contributed by atoms with Gasteiger partial charge in [0, 0.05) is 24.4 Å². The molecule has 0 unspecified atom stereocenters. The molecule has 0 atom stereocenters. The van der Waals surface area contributed by atoms with Gasteiger partial charge in [-0.05, 0) is 25.7 Å². The van der Waals surface area contributed by atoms with E-state index in [9.17, 15) is 5.11 Å². The molecule has 0 spiro atoms. The highest BCUT2D eigenvalue weighted by molar-refractivity contribution is 5.11. The molecule has 1 aliphatic rings. The highest BCUT2D eigenvalue weighted by Crippen LogP contribution is 2.36. The number of aliphatic hydroxyl groups excluding tert-OH is 1. The molecule has 1 aliphatic carbocycles. The summed E-state index contributed by atoms with van der Waals surface area (Å²) in [4.78, 5) is 7.43. The Bertz CT molecular complexity index is 276. The van der Waals surface area contributed by atoms with E-state index in [0.29, 0.717) is 6.54 Å². The summed E-state index contributed by atoms with van der Waals surface area (Å²) in [5.41, 5.74) is 5.81. The zero-order valence-electron chi connectivity index (χ0n) is 8.24. The Morgan fingerprint density at radius 2 is 2.29 bits per heavy atom. The van der Waals surface area contributed by atoms with Gasteiger partial charge < -0.3 is 15.8 Å². The van der Waals surface area contributed by atoms with Gasteiger partial charge in [0.05, 0.1) is 6.10 Å². The number of hydrogen-bond donors (Lipinski definition) is 3. The average molecular weight is 195 g/mol. The van der Waals surface area contributed by atoms with Crippen molar-refractivity contribution in [1.82, 2.24) is 9.97 Å². The summed E-state index contributed by atoms with van der Waals surface area (Å²) in [5, 5.41) is 9.46. The lowest BCUT2D eigenvalue weighted by atomic mass is 9.72. The number of rotatable bonds is 2. The summed E-state index contributed by atoms with van der Waals surface area (Å²) < 4.78 is 0. The quantitative estimate of drug-likeness (QED) is 0.644. The topological polar surface area (TPSA) is 74.9 Å². The van der Waals surface area contributed by atoms with Crippen LogP contribution in [0.25, 0.3) is 0 Å². The van der Waals surface area contributed by atoms with Crippen LogP contribution in [0.15, 0.2) is 12.4 Å². The minimum Gasteiger partial charge on any atom is -0.393 e. The predicted molar refractivity (Wildman–Crippen MR) is 53.8 cm³/mol. The van der Waals surface area contributed by atoms with Crippen LogP contribution in [0.2, 0.25) is 0 Å². The van der Waals surface area contributed by atoms with E-state index in [2.05, 4.69) is 9.97 Å². The van der Waals surface area contributed by atoms with Crippen LogP contribution in [-0.4, -0.2) is 27.7 Å². The molecule has 0 amide bonds. The van der Waals surface area contributed by atoms with E-state index in [1.54, 1.807) is 6.20 Å². The summed E-state index contributed by atoms with van der Waals surface area (Å²) in [7, 11) is 0. The van der Waals surface area contributed by atoms with Gasteiger partial charge >= 0.3 is 0 Å². The van der Waals surface area contributed by atoms with E-state index >= 15 is 0 Å².